The first-order valence-corrected chi connectivity index (χ1v) is 8.36. The number of hydrogen-bond donors (Lipinski definition) is 1. The maximum absolute atomic E-state index is 12.3. The number of pyridine rings is 1. The number of carbonyl (C=O) groups is 1. The van der Waals surface area contributed by atoms with Gasteiger partial charge in [0.1, 0.15) is 11.9 Å². The Hall–Kier alpha value is -2.60. The summed E-state index contributed by atoms with van der Waals surface area (Å²) in [5.41, 5.74) is 1.65. The van der Waals surface area contributed by atoms with Crippen LogP contribution < -0.4 is 14.8 Å². The van der Waals surface area contributed by atoms with Crippen molar-refractivity contribution < 1.29 is 19.0 Å². The van der Waals surface area contributed by atoms with Gasteiger partial charge in [-0.1, -0.05) is 12.1 Å². The highest BCUT2D eigenvalue weighted by molar-refractivity contribution is 5.94. The zero-order valence-electron chi connectivity index (χ0n) is 14.2. The molecule has 6 heteroatoms. The lowest BCUT2D eigenvalue weighted by atomic mass is 10.1. The molecule has 2 aromatic rings. The average Bonchev–Trinajstić information content (AvgIpc) is 3.15. The average molecular weight is 342 g/mol. The molecule has 6 nitrogen and oxygen atoms in total. The van der Waals surface area contributed by atoms with Gasteiger partial charge in [0, 0.05) is 30.8 Å². The SMILES string of the molecule is COc1cccc(CCNC(=O)c2ccnc(OC3CCOC3)c2)c1. The van der Waals surface area contributed by atoms with Crippen LogP contribution in [0.3, 0.4) is 0 Å². The first-order valence-electron chi connectivity index (χ1n) is 8.36. The zero-order valence-corrected chi connectivity index (χ0v) is 14.2. The normalized spacial score (nSPS) is 16.4. The molecule has 1 saturated heterocycles. The summed E-state index contributed by atoms with van der Waals surface area (Å²) >= 11 is 0. The van der Waals surface area contributed by atoms with Crippen molar-refractivity contribution in [1.82, 2.24) is 10.3 Å². The van der Waals surface area contributed by atoms with Gasteiger partial charge in [0.25, 0.3) is 5.91 Å². The van der Waals surface area contributed by atoms with Crippen LogP contribution in [0.5, 0.6) is 11.6 Å². The number of amides is 1. The third-order valence-electron chi connectivity index (χ3n) is 4.01. The topological polar surface area (TPSA) is 69.7 Å². The summed E-state index contributed by atoms with van der Waals surface area (Å²) in [7, 11) is 1.64. The fraction of sp³-hybridized carbons (Fsp3) is 0.368. The Labute approximate surface area is 147 Å². The van der Waals surface area contributed by atoms with E-state index < -0.39 is 0 Å². The van der Waals surface area contributed by atoms with Crippen LogP contribution in [0.1, 0.15) is 22.3 Å². The van der Waals surface area contributed by atoms with Gasteiger partial charge in [0.15, 0.2) is 0 Å². The first kappa shape index (κ1) is 17.2. The number of carbonyl (C=O) groups excluding carboxylic acids is 1. The summed E-state index contributed by atoms with van der Waals surface area (Å²) < 4.78 is 16.2. The highest BCUT2D eigenvalue weighted by Crippen LogP contribution is 2.16. The molecule has 1 amide bonds. The van der Waals surface area contributed by atoms with Crippen LogP contribution in [0.4, 0.5) is 0 Å². The monoisotopic (exact) mass is 342 g/mol. The van der Waals surface area contributed by atoms with Gasteiger partial charge >= 0.3 is 0 Å². The number of rotatable bonds is 7. The van der Waals surface area contributed by atoms with E-state index in [9.17, 15) is 4.79 Å². The molecular weight excluding hydrogens is 320 g/mol. The number of methoxy groups -OCH3 is 1. The predicted molar refractivity (Wildman–Crippen MR) is 93.1 cm³/mol. The maximum atomic E-state index is 12.3. The minimum atomic E-state index is -0.141. The van der Waals surface area contributed by atoms with Crippen LogP contribution in [-0.4, -0.2) is 43.9 Å². The number of aromatic nitrogens is 1. The molecule has 1 aromatic carbocycles. The molecule has 1 fully saturated rings. The van der Waals surface area contributed by atoms with Crippen molar-refractivity contribution in [2.45, 2.75) is 18.9 Å². The molecule has 25 heavy (non-hydrogen) atoms. The number of hydrogen-bond acceptors (Lipinski definition) is 5. The minimum Gasteiger partial charge on any atom is -0.497 e. The molecule has 1 atom stereocenters. The molecule has 132 valence electrons. The largest absolute Gasteiger partial charge is 0.497 e. The smallest absolute Gasteiger partial charge is 0.251 e. The van der Waals surface area contributed by atoms with Crippen molar-refractivity contribution >= 4 is 5.91 Å². The lowest BCUT2D eigenvalue weighted by molar-refractivity contribution is 0.0952. The number of nitrogens with zero attached hydrogens (tertiary/aromatic N) is 1. The second-order valence-electron chi connectivity index (χ2n) is 5.84. The Morgan fingerprint density at radius 2 is 2.28 bits per heavy atom. The zero-order chi connectivity index (χ0) is 17.5. The van der Waals surface area contributed by atoms with Crippen LogP contribution >= 0.6 is 0 Å². The summed E-state index contributed by atoms with van der Waals surface area (Å²) in [5.74, 6) is 1.13. The Morgan fingerprint density at radius 1 is 1.36 bits per heavy atom. The second kappa shape index (κ2) is 8.48. The Bertz CT molecular complexity index is 714. The van der Waals surface area contributed by atoms with Gasteiger partial charge < -0.3 is 19.5 Å². The van der Waals surface area contributed by atoms with Crippen LogP contribution in [0.2, 0.25) is 0 Å². The van der Waals surface area contributed by atoms with E-state index in [0.29, 0.717) is 31.2 Å². The molecule has 1 aliphatic rings. The van der Waals surface area contributed by atoms with Crippen molar-refractivity contribution in [3.63, 3.8) is 0 Å². The van der Waals surface area contributed by atoms with Crippen molar-refractivity contribution in [2.75, 3.05) is 26.9 Å². The van der Waals surface area contributed by atoms with Gasteiger partial charge in [-0.15, -0.1) is 0 Å². The summed E-state index contributed by atoms with van der Waals surface area (Å²) in [6.45, 7) is 1.81. The molecule has 0 saturated carbocycles. The van der Waals surface area contributed by atoms with E-state index >= 15 is 0 Å². The minimum absolute atomic E-state index is 0.0128. The molecule has 1 aromatic heterocycles. The molecule has 0 bridgehead atoms. The summed E-state index contributed by atoms with van der Waals surface area (Å²) in [6.07, 6.45) is 3.18. The van der Waals surface area contributed by atoms with Gasteiger partial charge in [-0.2, -0.15) is 0 Å². The van der Waals surface area contributed by atoms with E-state index in [0.717, 1.165) is 24.2 Å². The van der Waals surface area contributed by atoms with Crippen molar-refractivity contribution in [2.24, 2.45) is 0 Å². The standard InChI is InChI=1S/C19H22N2O4/c1-23-16-4-2-3-14(11-16)5-8-21-19(22)15-6-9-20-18(12-15)25-17-7-10-24-13-17/h2-4,6,9,11-12,17H,5,7-8,10,13H2,1H3,(H,21,22). The number of ether oxygens (including phenoxy) is 3. The molecule has 0 aliphatic carbocycles. The fourth-order valence-electron chi connectivity index (χ4n) is 2.64. The maximum Gasteiger partial charge on any atom is 0.251 e. The fourth-order valence-corrected chi connectivity index (χ4v) is 2.64. The van der Waals surface area contributed by atoms with E-state index in [4.69, 9.17) is 14.2 Å². The molecule has 1 aliphatic heterocycles. The van der Waals surface area contributed by atoms with Crippen molar-refractivity contribution in [1.29, 1.82) is 0 Å². The predicted octanol–water partition coefficient (Wildman–Crippen LogP) is 2.23. The van der Waals surface area contributed by atoms with E-state index in [1.54, 1.807) is 25.4 Å². The molecule has 0 radical (unpaired) electrons. The van der Waals surface area contributed by atoms with Gasteiger partial charge in [-0.25, -0.2) is 4.98 Å². The Balaban J connectivity index is 1.52. The van der Waals surface area contributed by atoms with Crippen LogP contribution in [-0.2, 0) is 11.2 Å². The van der Waals surface area contributed by atoms with E-state index in [1.165, 1.54) is 0 Å². The van der Waals surface area contributed by atoms with Crippen LogP contribution in [0, 0.1) is 0 Å². The lowest BCUT2D eigenvalue weighted by Gasteiger charge is -2.11. The molecule has 1 N–H and O–H groups in total. The summed E-state index contributed by atoms with van der Waals surface area (Å²) in [5, 5.41) is 2.92. The molecule has 2 heterocycles. The van der Waals surface area contributed by atoms with Gasteiger partial charge in [0.2, 0.25) is 5.88 Å². The van der Waals surface area contributed by atoms with Gasteiger partial charge in [-0.3, -0.25) is 4.79 Å². The third-order valence-corrected chi connectivity index (χ3v) is 4.01. The first-order chi connectivity index (χ1) is 12.2. The van der Waals surface area contributed by atoms with Crippen LogP contribution in [0.15, 0.2) is 42.6 Å². The molecular formula is C19H22N2O4. The number of nitrogens with one attached hydrogen (secondary N) is 1. The second-order valence-corrected chi connectivity index (χ2v) is 5.84. The van der Waals surface area contributed by atoms with E-state index in [1.807, 2.05) is 24.3 Å². The summed E-state index contributed by atoms with van der Waals surface area (Å²) in [6, 6.07) is 11.2. The molecule has 1 unspecified atom stereocenters. The highest BCUT2D eigenvalue weighted by atomic mass is 16.5. The van der Waals surface area contributed by atoms with Crippen molar-refractivity contribution in [3.05, 3.63) is 53.7 Å². The van der Waals surface area contributed by atoms with E-state index in [-0.39, 0.29) is 12.0 Å². The molecule has 3 rings (SSSR count). The quantitative estimate of drug-likeness (QED) is 0.836. The Morgan fingerprint density at radius 3 is 3.08 bits per heavy atom. The van der Waals surface area contributed by atoms with Gasteiger partial charge in [0.05, 0.1) is 20.3 Å². The van der Waals surface area contributed by atoms with Crippen LogP contribution in [0.25, 0.3) is 0 Å². The number of benzene rings is 1. The van der Waals surface area contributed by atoms with Gasteiger partial charge in [-0.05, 0) is 30.2 Å². The third kappa shape index (κ3) is 4.93. The van der Waals surface area contributed by atoms with E-state index in [2.05, 4.69) is 10.3 Å². The molecule has 0 spiro atoms. The summed E-state index contributed by atoms with van der Waals surface area (Å²) in [4.78, 5) is 16.5. The highest BCUT2D eigenvalue weighted by Gasteiger charge is 2.18. The lowest BCUT2D eigenvalue weighted by Crippen LogP contribution is -2.26. The Kier molecular flexibility index (Phi) is 5.85. The van der Waals surface area contributed by atoms with Crippen molar-refractivity contribution in [3.8, 4) is 11.6 Å².